The Morgan fingerprint density at radius 1 is 1.28 bits per heavy atom. The quantitative estimate of drug-likeness (QED) is 0.709. The van der Waals surface area contributed by atoms with Gasteiger partial charge in [0.25, 0.3) is 5.91 Å². The third-order valence-corrected chi connectivity index (χ3v) is 4.01. The third kappa shape index (κ3) is 2.85. The summed E-state index contributed by atoms with van der Waals surface area (Å²) in [4.78, 5) is 33.0. The van der Waals surface area contributed by atoms with Gasteiger partial charge in [-0.15, -0.1) is 0 Å². The Morgan fingerprint density at radius 3 is 2.80 bits per heavy atom. The number of carbonyl (C=O) groups excluding carboxylic acids is 2. The van der Waals surface area contributed by atoms with E-state index in [0.717, 1.165) is 10.2 Å². The number of benzene rings is 1. The molecule has 3 N–H and O–H groups in total. The van der Waals surface area contributed by atoms with Gasteiger partial charge in [-0.2, -0.15) is 9.78 Å². The van der Waals surface area contributed by atoms with E-state index >= 15 is 0 Å². The number of carbonyl (C=O) groups is 2. The topological polar surface area (TPSA) is 119 Å². The third-order valence-electron chi connectivity index (χ3n) is 4.01. The van der Waals surface area contributed by atoms with Crippen molar-refractivity contribution in [2.75, 3.05) is 26.3 Å². The summed E-state index contributed by atoms with van der Waals surface area (Å²) in [5.41, 5.74) is 7.50. The first-order valence-electron chi connectivity index (χ1n) is 7.76. The number of fused-ring (bicyclic) bond motifs is 1. The highest BCUT2D eigenvalue weighted by atomic mass is 16.5. The van der Waals surface area contributed by atoms with Crippen LogP contribution in [0.4, 0.5) is 4.79 Å². The average Bonchev–Trinajstić information content (AvgIpc) is 3.28. The van der Waals surface area contributed by atoms with E-state index in [9.17, 15) is 9.59 Å². The lowest BCUT2D eigenvalue weighted by Gasteiger charge is -2.26. The lowest BCUT2D eigenvalue weighted by atomic mass is 10.1. The van der Waals surface area contributed by atoms with Crippen LogP contribution in [0, 0.1) is 6.07 Å². The second-order valence-corrected chi connectivity index (χ2v) is 5.63. The molecule has 0 saturated carbocycles. The molecule has 1 aliphatic heterocycles. The van der Waals surface area contributed by atoms with Crippen LogP contribution in [0.25, 0.3) is 22.6 Å². The number of amides is 2. The molecule has 1 aliphatic rings. The van der Waals surface area contributed by atoms with E-state index in [1.54, 1.807) is 23.1 Å². The highest BCUT2D eigenvalue weighted by molar-refractivity contribution is 5.97. The van der Waals surface area contributed by atoms with Crippen LogP contribution in [0.5, 0.6) is 0 Å². The van der Waals surface area contributed by atoms with Crippen molar-refractivity contribution >= 4 is 23.0 Å². The number of rotatable bonds is 2. The zero-order valence-corrected chi connectivity index (χ0v) is 13.2. The van der Waals surface area contributed by atoms with E-state index in [4.69, 9.17) is 10.5 Å². The van der Waals surface area contributed by atoms with E-state index in [1.165, 1.54) is 6.20 Å². The molecule has 9 nitrogen and oxygen atoms in total. The molecule has 3 heterocycles. The number of hydrogen-bond acceptors (Lipinski definition) is 5. The second-order valence-electron chi connectivity index (χ2n) is 5.63. The number of imidazole rings is 1. The maximum atomic E-state index is 12.6. The SMILES string of the molecule is NC(=O)n1c[c]c(-c2nc3cc(C(=O)N4CCOCC4)ccc3[nH]2)n1. The van der Waals surface area contributed by atoms with Crippen LogP contribution in [0.1, 0.15) is 10.4 Å². The van der Waals surface area contributed by atoms with Gasteiger partial charge in [-0.1, -0.05) is 0 Å². The van der Waals surface area contributed by atoms with Crippen LogP contribution in [-0.2, 0) is 4.74 Å². The summed E-state index contributed by atoms with van der Waals surface area (Å²) in [6.45, 7) is 2.28. The van der Waals surface area contributed by atoms with Gasteiger partial charge < -0.3 is 20.4 Å². The van der Waals surface area contributed by atoms with Gasteiger partial charge in [0.15, 0.2) is 5.82 Å². The number of H-pyrrole nitrogens is 1. The standard InChI is InChI=1S/C16H15N6O3/c17-16(24)22-4-3-12(20-22)14-18-11-2-1-10(9-13(11)19-14)15(23)21-5-7-25-8-6-21/h1-2,4,9H,5-8H2,(H2,17,24)(H,18,19). The van der Waals surface area contributed by atoms with E-state index in [2.05, 4.69) is 21.1 Å². The molecule has 1 saturated heterocycles. The summed E-state index contributed by atoms with van der Waals surface area (Å²) in [6.07, 6.45) is 1.35. The van der Waals surface area contributed by atoms with Crippen molar-refractivity contribution in [2.45, 2.75) is 0 Å². The molecular weight excluding hydrogens is 324 g/mol. The molecule has 2 aromatic heterocycles. The molecule has 0 bridgehead atoms. The minimum absolute atomic E-state index is 0.0423. The first kappa shape index (κ1) is 15.3. The molecule has 1 radical (unpaired) electrons. The first-order chi connectivity index (χ1) is 12.1. The number of ether oxygens (including phenoxy) is 1. The van der Waals surface area contributed by atoms with Crippen molar-refractivity contribution in [3.8, 4) is 11.5 Å². The zero-order valence-electron chi connectivity index (χ0n) is 13.2. The number of nitrogens with zero attached hydrogens (tertiary/aromatic N) is 4. The maximum Gasteiger partial charge on any atom is 0.339 e. The van der Waals surface area contributed by atoms with Gasteiger partial charge in [0.05, 0.1) is 24.2 Å². The van der Waals surface area contributed by atoms with Crippen molar-refractivity contribution in [1.29, 1.82) is 0 Å². The highest BCUT2D eigenvalue weighted by Crippen LogP contribution is 2.20. The average molecular weight is 339 g/mol. The van der Waals surface area contributed by atoms with Crippen LogP contribution < -0.4 is 5.73 Å². The minimum atomic E-state index is -0.697. The van der Waals surface area contributed by atoms with Crippen molar-refractivity contribution in [3.05, 3.63) is 36.0 Å². The molecule has 1 fully saturated rings. The van der Waals surface area contributed by atoms with Crippen LogP contribution >= 0.6 is 0 Å². The second kappa shape index (κ2) is 6.02. The molecule has 1 aromatic carbocycles. The molecule has 0 unspecified atom stereocenters. The normalized spacial score (nSPS) is 14.8. The van der Waals surface area contributed by atoms with E-state index in [-0.39, 0.29) is 5.91 Å². The predicted octanol–water partition coefficient (Wildman–Crippen LogP) is 0.626. The van der Waals surface area contributed by atoms with Crippen molar-refractivity contribution in [2.24, 2.45) is 5.73 Å². The monoisotopic (exact) mass is 339 g/mol. The number of nitrogens with one attached hydrogen (secondary N) is 1. The van der Waals surface area contributed by atoms with Crippen LogP contribution in [0.2, 0.25) is 0 Å². The Kier molecular flexibility index (Phi) is 3.69. The zero-order chi connectivity index (χ0) is 17.4. The fourth-order valence-electron chi connectivity index (χ4n) is 2.72. The van der Waals surface area contributed by atoms with Gasteiger partial charge in [0.1, 0.15) is 5.69 Å². The van der Waals surface area contributed by atoms with Crippen LogP contribution in [0.3, 0.4) is 0 Å². The van der Waals surface area contributed by atoms with Gasteiger partial charge in [-0.05, 0) is 18.2 Å². The van der Waals surface area contributed by atoms with E-state index in [0.29, 0.717) is 48.9 Å². The molecule has 4 rings (SSSR count). The van der Waals surface area contributed by atoms with Gasteiger partial charge in [-0.25, -0.2) is 9.78 Å². The molecule has 2 amide bonds. The molecule has 25 heavy (non-hydrogen) atoms. The van der Waals surface area contributed by atoms with Gasteiger partial charge in [0.2, 0.25) is 0 Å². The minimum Gasteiger partial charge on any atom is -0.378 e. The summed E-state index contributed by atoms with van der Waals surface area (Å²) >= 11 is 0. The smallest absolute Gasteiger partial charge is 0.339 e. The molecule has 0 atom stereocenters. The molecule has 3 aromatic rings. The Morgan fingerprint density at radius 2 is 2.08 bits per heavy atom. The molecule has 0 aliphatic carbocycles. The molecular formula is C16H15N6O3. The summed E-state index contributed by atoms with van der Waals surface area (Å²) in [7, 11) is 0. The van der Waals surface area contributed by atoms with Gasteiger partial charge in [0, 0.05) is 30.9 Å². The fourth-order valence-corrected chi connectivity index (χ4v) is 2.72. The van der Waals surface area contributed by atoms with Crippen LogP contribution in [0.15, 0.2) is 24.4 Å². The van der Waals surface area contributed by atoms with Gasteiger partial charge >= 0.3 is 6.03 Å². The number of morpholine rings is 1. The lowest BCUT2D eigenvalue weighted by Crippen LogP contribution is -2.40. The number of nitrogens with two attached hydrogens (primary N) is 1. The van der Waals surface area contributed by atoms with E-state index < -0.39 is 6.03 Å². The summed E-state index contributed by atoms with van der Waals surface area (Å²) in [5, 5.41) is 4.01. The van der Waals surface area contributed by atoms with Gasteiger partial charge in [-0.3, -0.25) is 4.79 Å². The van der Waals surface area contributed by atoms with Crippen molar-refractivity contribution in [1.82, 2.24) is 24.6 Å². The molecule has 9 heteroatoms. The van der Waals surface area contributed by atoms with Crippen LogP contribution in [-0.4, -0.2) is 62.9 Å². The van der Waals surface area contributed by atoms with Crippen molar-refractivity contribution in [3.63, 3.8) is 0 Å². The highest BCUT2D eigenvalue weighted by Gasteiger charge is 2.19. The molecule has 0 spiro atoms. The number of aromatic amines is 1. The predicted molar refractivity (Wildman–Crippen MR) is 87.9 cm³/mol. The lowest BCUT2D eigenvalue weighted by molar-refractivity contribution is 0.0303. The summed E-state index contributed by atoms with van der Waals surface area (Å²) < 4.78 is 6.25. The molecule has 127 valence electrons. The first-order valence-corrected chi connectivity index (χ1v) is 7.76. The Balaban J connectivity index is 1.64. The number of aromatic nitrogens is 4. The van der Waals surface area contributed by atoms with Crippen molar-refractivity contribution < 1.29 is 14.3 Å². The summed E-state index contributed by atoms with van der Waals surface area (Å²) in [6, 6.07) is 7.41. The maximum absolute atomic E-state index is 12.6. The fraction of sp³-hybridized carbons (Fsp3) is 0.250. The summed E-state index contributed by atoms with van der Waals surface area (Å²) in [5.74, 6) is 0.408. The number of primary amides is 1. The Labute approximate surface area is 142 Å². The largest absolute Gasteiger partial charge is 0.378 e. The Bertz CT molecular complexity index is 954. The van der Waals surface area contributed by atoms with E-state index in [1.807, 2.05) is 0 Å². The number of hydrogen-bond donors (Lipinski definition) is 2. The Hall–Kier alpha value is -3.20.